The highest BCUT2D eigenvalue weighted by atomic mass is 35.5. The quantitative estimate of drug-likeness (QED) is 0.685. The molecule has 0 unspecified atom stereocenters. The van der Waals surface area contributed by atoms with E-state index in [-0.39, 0.29) is 9.92 Å². The zero-order chi connectivity index (χ0) is 15.6. The molecule has 0 saturated carbocycles. The van der Waals surface area contributed by atoms with Crippen molar-refractivity contribution in [1.29, 1.82) is 0 Å². The van der Waals surface area contributed by atoms with Gasteiger partial charge in [0.1, 0.15) is 16.4 Å². The molecule has 110 valence electrons. The van der Waals surface area contributed by atoms with Gasteiger partial charge in [-0.1, -0.05) is 11.6 Å². The zero-order valence-corrected chi connectivity index (χ0v) is 11.7. The lowest BCUT2D eigenvalue weighted by molar-refractivity contribution is -0.383. The van der Waals surface area contributed by atoms with Crippen molar-refractivity contribution in [3.05, 3.63) is 57.6 Å². The first-order valence-corrected chi connectivity index (χ1v) is 7.23. The monoisotopic (exact) mass is 331 g/mol. The second kappa shape index (κ2) is 5.62. The number of sulfonamides is 1. The number of pyridine rings is 1. The minimum Gasteiger partial charge on any atom is -0.273 e. The molecule has 0 aliphatic rings. The Kier molecular flexibility index (Phi) is 4.05. The summed E-state index contributed by atoms with van der Waals surface area (Å²) in [6, 6.07) is 3.67. The van der Waals surface area contributed by atoms with Gasteiger partial charge < -0.3 is 0 Å². The van der Waals surface area contributed by atoms with Crippen molar-refractivity contribution in [1.82, 2.24) is 4.98 Å². The fraction of sp³-hybridized carbons (Fsp3) is 0. The Morgan fingerprint density at radius 1 is 1.33 bits per heavy atom. The van der Waals surface area contributed by atoms with Crippen LogP contribution >= 0.6 is 11.6 Å². The van der Waals surface area contributed by atoms with E-state index in [4.69, 9.17) is 11.6 Å². The van der Waals surface area contributed by atoms with Gasteiger partial charge in [0.15, 0.2) is 0 Å². The molecule has 0 bridgehead atoms. The molecule has 1 N–H and O–H groups in total. The Morgan fingerprint density at radius 2 is 2.05 bits per heavy atom. The number of aromatic nitrogens is 1. The Bertz CT molecular complexity index is 813. The van der Waals surface area contributed by atoms with E-state index in [2.05, 4.69) is 4.98 Å². The van der Waals surface area contributed by atoms with Crippen LogP contribution in [0.2, 0.25) is 5.02 Å². The molecule has 1 aromatic carbocycles. The molecule has 0 aliphatic carbocycles. The molecule has 7 nitrogen and oxygen atoms in total. The van der Waals surface area contributed by atoms with E-state index < -0.39 is 32.1 Å². The summed E-state index contributed by atoms with van der Waals surface area (Å²) in [6.07, 6.45) is 2.27. The van der Waals surface area contributed by atoms with Crippen molar-refractivity contribution in [2.75, 3.05) is 4.72 Å². The number of nitro groups is 1. The van der Waals surface area contributed by atoms with Crippen molar-refractivity contribution in [2.24, 2.45) is 0 Å². The van der Waals surface area contributed by atoms with Gasteiger partial charge in [-0.05, 0) is 12.1 Å². The Labute approximate surface area is 123 Å². The molecule has 0 saturated heterocycles. The standard InChI is InChI=1S/C11H7ClFN3O4S/c12-8-3-4-14-6-11(8)21(19,20)15-9-5-7(13)1-2-10(9)16(17)18/h1-6,15H. The van der Waals surface area contributed by atoms with E-state index in [9.17, 15) is 22.9 Å². The van der Waals surface area contributed by atoms with Gasteiger partial charge in [-0.25, -0.2) is 12.8 Å². The van der Waals surface area contributed by atoms with E-state index in [1.54, 1.807) is 0 Å². The minimum atomic E-state index is -4.23. The molecule has 0 atom stereocenters. The molecule has 0 spiro atoms. The van der Waals surface area contributed by atoms with Crippen LogP contribution in [0.3, 0.4) is 0 Å². The number of hydrogen-bond donors (Lipinski definition) is 1. The largest absolute Gasteiger partial charge is 0.293 e. The van der Waals surface area contributed by atoms with E-state index in [0.717, 1.165) is 18.3 Å². The predicted octanol–water partition coefficient (Wildman–Crippen LogP) is 2.58. The minimum absolute atomic E-state index is 0.114. The molecular formula is C11H7ClFN3O4S. The fourth-order valence-corrected chi connectivity index (χ4v) is 3.01. The molecule has 0 amide bonds. The molecule has 0 radical (unpaired) electrons. The summed E-state index contributed by atoms with van der Waals surface area (Å²) in [5, 5.41) is 10.7. The van der Waals surface area contributed by atoms with Crippen LogP contribution in [0.5, 0.6) is 0 Å². The first-order chi connectivity index (χ1) is 9.81. The SMILES string of the molecule is O=[N+]([O-])c1ccc(F)cc1NS(=O)(=O)c1cnccc1Cl. The number of anilines is 1. The van der Waals surface area contributed by atoms with Crippen LogP contribution in [-0.2, 0) is 10.0 Å². The topological polar surface area (TPSA) is 102 Å². The van der Waals surface area contributed by atoms with Gasteiger partial charge in [0, 0.05) is 24.5 Å². The number of nitro benzene ring substituents is 1. The maximum Gasteiger partial charge on any atom is 0.293 e. The number of hydrogen-bond acceptors (Lipinski definition) is 5. The molecule has 0 aliphatic heterocycles. The van der Waals surface area contributed by atoms with Crippen LogP contribution in [-0.4, -0.2) is 18.3 Å². The summed E-state index contributed by atoms with van der Waals surface area (Å²) >= 11 is 5.74. The number of nitrogens with one attached hydrogen (secondary N) is 1. The first-order valence-electron chi connectivity index (χ1n) is 5.37. The van der Waals surface area contributed by atoms with Gasteiger partial charge in [0.05, 0.1) is 9.95 Å². The molecular weight excluding hydrogens is 325 g/mol. The summed E-state index contributed by atoms with van der Waals surface area (Å²) in [5.74, 6) is -0.824. The van der Waals surface area contributed by atoms with E-state index in [1.807, 2.05) is 4.72 Å². The van der Waals surface area contributed by atoms with Gasteiger partial charge in [0.25, 0.3) is 15.7 Å². The molecule has 1 aromatic heterocycles. The molecule has 1 heterocycles. The lowest BCUT2D eigenvalue weighted by atomic mass is 10.3. The third-order valence-corrected chi connectivity index (χ3v) is 4.26. The normalized spacial score (nSPS) is 11.1. The third kappa shape index (κ3) is 3.26. The van der Waals surface area contributed by atoms with Crippen LogP contribution in [0.1, 0.15) is 0 Å². The number of nitrogens with zero attached hydrogens (tertiary/aromatic N) is 2. The lowest BCUT2D eigenvalue weighted by Gasteiger charge is -2.09. The fourth-order valence-electron chi connectivity index (χ4n) is 1.51. The summed E-state index contributed by atoms with van der Waals surface area (Å²) in [4.78, 5) is 13.2. The van der Waals surface area contributed by atoms with Crippen LogP contribution in [0.25, 0.3) is 0 Å². The van der Waals surface area contributed by atoms with Gasteiger partial charge >= 0.3 is 0 Å². The van der Waals surface area contributed by atoms with Crippen molar-refractivity contribution in [2.45, 2.75) is 4.90 Å². The lowest BCUT2D eigenvalue weighted by Crippen LogP contribution is -2.15. The number of rotatable bonds is 4. The van der Waals surface area contributed by atoms with Crippen LogP contribution in [0, 0.1) is 15.9 Å². The number of halogens is 2. The molecule has 21 heavy (non-hydrogen) atoms. The second-order valence-corrected chi connectivity index (χ2v) is 5.89. The van der Waals surface area contributed by atoms with Crippen molar-refractivity contribution in [3.63, 3.8) is 0 Å². The highest BCUT2D eigenvalue weighted by molar-refractivity contribution is 7.92. The second-order valence-electron chi connectivity index (χ2n) is 3.83. The maximum atomic E-state index is 13.2. The predicted molar refractivity (Wildman–Crippen MR) is 73.1 cm³/mol. The Balaban J connectivity index is 2.49. The third-order valence-electron chi connectivity index (χ3n) is 2.42. The van der Waals surface area contributed by atoms with Crippen LogP contribution < -0.4 is 4.72 Å². The maximum absolute atomic E-state index is 13.2. The molecule has 10 heteroatoms. The van der Waals surface area contributed by atoms with Crippen LogP contribution in [0.15, 0.2) is 41.6 Å². The molecule has 2 rings (SSSR count). The van der Waals surface area contributed by atoms with Gasteiger partial charge in [-0.3, -0.25) is 19.8 Å². The Hall–Kier alpha value is -2.26. The molecule has 0 fully saturated rings. The van der Waals surface area contributed by atoms with E-state index in [0.29, 0.717) is 6.07 Å². The van der Waals surface area contributed by atoms with E-state index in [1.165, 1.54) is 12.3 Å². The van der Waals surface area contributed by atoms with Gasteiger partial charge in [-0.2, -0.15) is 0 Å². The first kappa shape index (κ1) is 15.1. The summed E-state index contributed by atoms with van der Waals surface area (Å²) in [6.45, 7) is 0. The van der Waals surface area contributed by atoms with Crippen molar-refractivity contribution >= 4 is 33.0 Å². The average molecular weight is 332 g/mol. The zero-order valence-electron chi connectivity index (χ0n) is 10.2. The summed E-state index contributed by atoms with van der Waals surface area (Å²) in [5.41, 5.74) is -1.08. The summed E-state index contributed by atoms with van der Waals surface area (Å²) in [7, 11) is -4.23. The smallest absolute Gasteiger partial charge is 0.273 e. The van der Waals surface area contributed by atoms with Crippen molar-refractivity contribution < 1.29 is 17.7 Å². The highest BCUT2D eigenvalue weighted by Crippen LogP contribution is 2.29. The van der Waals surface area contributed by atoms with Gasteiger partial charge in [0.2, 0.25) is 0 Å². The number of benzene rings is 1. The Morgan fingerprint density at radius 3 is 2.67 bits per heavy atom. The van der Waals surface area contributed by atoms with Gasteiger partial charge in [-0.15, -0.1) is 0 Å². The van der Waals surface area contributed by atoms with Crippen LogP contribution in [0.4, 0.5) is 15.8 Å². The van der Waals surface area contributed by atoms with Crippen molar-refractivity contribution in [3.8, 4) is 0 Å². The molecule has 2 aromatic rings. The van der Waals surface area contributed by atoms with E-state index >= 15 is 0 Å². The summed E-state index contributed by atoms with van der Waals surface area (Å²) < 4.78 is 39.4. The average Bonchev–Trinajstić information content (AvgIpc) is 2.38. The highest BCUT2D eigenvalue weighted by Gasteiger charge is 2.23.